The first-order valence-corrected chi connectivity index (χ1v) is 8.23. The molecule has 0 N–H and O–H groups in total. The van der Waals surface area contributed by atoms with Gasteiger partial charge in [0.05, 0.1) is 12.7 Å². The van der Waals surface area contributed by atoms with Crippen LogP contribution in [0.25, 0.3) is 6.08 Å². The highest BCUT2D eigenvalue weighted by molar-refractivity contribution is 6.14. The largest absolute Gasteiger partial charge is 0.496 e. The van der Waals surface area contributed by atoms with Crippen LogP contribution < -0.4 is 14.2 Å². The predicted octanol–water partition coefficient (Wildman–Crippen LogP) is 3.42. The summed E-state index contributed by atoms with van der Waals surface area (Å²) in [6, 6.07) is 12.1. The Morgan fingerprint density at radius 3 is 2.81 bits per heavy atom. The molecule has 0 radical (unpaired) electrons. The zero-order valence-corrected chi connectivity index (χ0v) is 14.8. The molecule has 0 bridgehead atoms. The molecule has 1 aliphatic rings. The first-order valence-electron chi connectivity index (χ1n) is 8.23. The molecule has 6 nitrogen and oxygen atoms in total. The van der Waals surface area contributed by atoms with Gasteiger partial charge in [0.1, 0.15) is 23.9 Å². The number of hydrogen-bond donors (Lipinski definition) is 0. The van der Waals surface area contributed by atoms with Gasteiger partial charge in [-0.15, -0.1) is 0 Å². The first kappa shape index (κ1) is 18.3. The van der Waals surface area contributed by atoms with Gasteiger partial charge in [0, 0.05) is 11.6 Å². The fourth-order valence-electron chi connectivity index (χ4n) is 2.52. The number of Topliss-reactive ketones (excluding diaryl/α,β-unsaturated/α-hetero) is 1. The van der Waals surface area contributed by atoms with Crippen molar-refractivity contribution in [1.82, 2.24) is 0 Å². The highest BCUT2D eigenvalue weighted by Gasteiger charge is 2.28. The number of carbonyl (C=O) groups excluding carboxylic acids is 2. The second-order valence-electron chi connectivity index (χ2n) is 5.60. The van der Waals surface area contributed by atoms with Gasteiger partial charge in [-0.05, 0) is 24.3 Å². The van der Waals surface area contributed by atoms with Crippen LogP contribution in [0.1, 0.15) is 15.9 Å². The summed E-state index contributed by atoms with van der Waals surface area (Å²) in [4.78, 5) is 24.0. The van der Waals surface area contributed by atoms with E-state index in [0.29, 0.717) is 22.8 Å². The average molecular weight is 366 g/mol. The number of methoxy groups -OCH3 is 1. The maximum atomic E-state index is 12.5. The van der Waals surface area contributed by atoms with Crippen LogP contribution in [0.5, 0.6) is 17.2 Å². The molecule has 27 heavy (non-hydrogen) atoms. The Kier molecular flexibility index (Phi) is 5.56. The Morgan fingerprint density at radius 1 is 1.22 bits per heavy atom. The van der Waals surface area contributed by atoms with Crippen molar-refractivity contribution < 1.29 is 28.5 Å². The number of para-hydroxylation sites is 1. The summed E-state index contributed by atoms with van der Waals surface area (Å²) in [5.74, 6) is 0.863. The van der Waals surface area contributed by atoms with Crippen molar-refractivity contribution in [2.45, 2.75) is 0 Å². The minimum absolute atomic E-state index is 0.126. The van der Waals surface area contributed by atoms with Crippen molar-refractivity contribution in [2.24, 2.45) is 0 Å². The number of rotatable bonds is 7. The quantitative estimate of drug-likeness (QED) is 0.425. The van der Waals surface area contributed by atoms with Crippen LogP contribution in [-0.4, -0.2) is 32.1 Å². The molecule has 2 aromatic rings. The lowest BCUT2D eigenvalue weighted by Gasteiger charge is -2.07. The Labute approximate surface area is 156 Å². The lowest BCUT2D eigenvalue weighted by molar-refractivity contribution is -0.144. The second-order valence-corrected chi connectivity index (χ2v) is 5.60. The molecule has 3 rings (SSSR count). The SMILES string of the molecule is C=CCOC(=O)COc1ccc2c(c1)OC(=Cc1ccccc1OC)C2=O. The number of ketones is 1. The molecule has 0 spiro atoms. The maximum absolute atomic E-state index is 12.5. The molecule has 0 saturated heterocycles. The third-order valence-electron chi connectivity index (χ3n) is 3.79. The molecule has 138 valence electrons. The van der Waals surface area contributed by atoms with Gasteiger partial charge in [0.15, 0.2) is 12.4 Å². The van der Waals surface area contributed by atoms with E-state index in [0.717, 1.165) is 5.56 Å². The van der Waals surface area contributed by atoms with Gasteiger partial charge in [-0.1, -0.05) is 30.9 Å². The number of benzene rings is 2. The van der Waals surface area contributed by atoms with Crippen molar-refractivity contribution in [1.29, 1.82) is 0 Å². The van der Waals surface area contributed by atoms with Gasteiger partial charge >= 0.3 is 5.97 Å². The summed E-state index contributed by atoms with van der Waals surface area (Å²) < 4.78 is 21.2. The van der Waals surface area contributed by atoms with E-state index in [1.165, 1.54) is 6.08 Å². The van der Waals surface area contributed by atoms with E-state index in [-0.39, 0.29) is 24.8 Å². The molecule has 0 unspecified atom stereocenters. The van der Waals surface area contributed by atoms with Gasteiger partial charge in [-0.25, -0.2) is 4.79 Å². The highest BCUT2D eigenvalue weighted by Crippen LogP contribution is 2.35. The van der Waals surface area contributed by atoms with Gasteiger partial charge < -0.3 is 18.9 Å². The van der Waals surface area contributed by atoms with Crippen molar-refractivity contribution in [2.75, 3.05) is 20.3 Å². The summed E-state index contributed by atoms with van der Waals surface area (Å²) in [6.07, 6.45) is 3.11. The molecular weight excluding hydrogens is 348 g/mol. The van der Waals surface area contributed by atoms with Crippen LogP contribution in [0.3, 0.4) is 0 Å². The lowest BCUT2D eigenvalue weighted by atomic mass is 10.1. The predicted molar refractivity (Wildman–Crippen MR) is 99.0 cm³/mol. The van der Waals surface area contributed by atoms with E-state index in [4.69, 9.17) is 18.9 Å². The minimum atomic E-state index is -0.510. The van der Waals surface area contributed by atoms with Gasteiger partial charge in [-0.3, -0.25) is 4.79 Å². The zero-order valence-electron chi connectivity index (χ0n) is 14.8. The van der Waals surface area contributed by atoms with Crippen LogP contribution >= 0.6 is 0 Å². The third kappa shape index (κ3) is 4.17. The smallest absolute Gasteiger partial charge is 0.344 e. The number of esters is 1. The number of allylic oxidation sites excluding steroid dienone is 1. The molecular formula is C21H18O6. The molecule has 0 aliphatic carbocycles. The van der Waals surface area contributed by atoms with Crippen molar-refractivity contribution in [3.8, 4) is 17.2 Å². The van der Waals surface area contributed by atoms with Crippen LogP contribution in [0.4, 0.5) is 0 Å². The Morgan fingerprint density at radius 2 is 2.04 bits per heavy atom. The molecule has 0 fully saturated rings. The van der Waals surface area contributed by atoms with Crippen molar-refractivity contribution in [3.63, 3.8) is 0 Å². The van der Waals surface area contributed by atoms with E-state index < -0.39 is 5.97 Å². The third-order valence-corrected chi connectivity index (χ3v) is 3.79. The van der Waals surface area contributed by atoms with Crippen molar-refractivity contribution in [3.05, 3.63) is 72.0 Å². The Balaban J connectivity index is 1.74. The van der Waals surface area contributed by atoms with Crippen LogP contribution in [0, 0.1) is 0 Å². The number of ether oxygens (including phenoxy) is 4. The maximum Gasteiger partial charge on any atom is 0.344 e. The summed E-state index contributed by atoms with van der Waals surface area (Å²) >= 11 is 0. The fourth-order valence-corrected chi connectivity index (χ4v) is 2.52. The minimum Gasteiger partial charge on any atom is -0.496 e. The van der Waals surface area contributed by atoms with Crippen LogP contribution in [0.15, 0.2) is 60.9 Å². The number of hydrogen-bond acceptors (Lipinski definition) is 6. The number of carbonyl (C=O) groups is 2. The second kappa shape index (κ2) is 8.23. The van der Waals surface area contributed by atoms with Gasteiger partial charge in [-0.2, -0.15) is 0 Å². The fraction of sp³-hybridized carbons (Fsp3) is 0.143. The zero-order chi connectivity index (χ0) is 19.2. The Hall–Kier alpha value is -3.54. The normalized spacial score (nSPS) is 13.7. The van der Waals surface area contributed by atoms with Gasteiger partial charge in [0.2, 0.25) is 5.78 Å². The van der Waals surface area contributed by atoms with E-state index in [2.05, 4.69) is 6.58 Å². The summed E-state index contributed by atoms with van der Waals surface area (Å²) in [5, 5.41) is 0. The summed E-state index contributed by atoms with van der Waals surface area (Å²) in [6.45, 7) is 3.35. The molecule has 2 aromatic carbocycles. The molecule has 1 heterocycles. The molecule has 1 aliphatic heterocycles. The summed E-state index contributed by atoms with van der Waals surface area (Å²) in [5.41, 5.74) is 1.16. The topological polar surface area (TPSA) is 71.1 Å². The molecule has 0 aromatic heterocycles. The van der Waals surface area contributed by atoms with Crippen LogP contribution in [-0.2, 0) is 9.53 Å². The average Bonchev–Trinajstić information content (AvgIpc) is 3.00. The van der Waals surface area contributed by atoms with Gasteiger partial charge in [0.25, 0.3) is 0 Å². The molecule has 0 atom stereocenters. The Bertz CT molecular complexity index is 913. The van der Waals surface area contributed by atoms with Crippen LogP contribution in [0.2, 0.25) is 0 Å². The summed E-state index contributed by atoms with van der Waals surface area (Å²) in [7, 11) is 1.56. The van der Waals surface area contributed by atoms with Crippen molar-refractivity contribution >= 4 is 17.8 Å². The monoisotopic (exact) mass is 366 g/mol. The van der Waals surface area contributed by atoms with E-state index >= 15 is 0 Å². The number of fused-ring (bicyclic) bond motifs is 1. The first-order chi connectivity index (χ1) is 13.1. The molecule has 6 heteroatoms. The molecule has 0 saturated carbocycles. The highest BCUT2D eigenvalue weighted by atomic mass is 16.6. The standard InChI is InChI=1S/C21H18O6/c1-3-10-25-20(22)13-26-15-8-9-16-18(12-15)27-19(21(16)23)11-14-6-4-5-7-17(14)24-2/h3-9,11-12H,1,10,13H2,2H3. The van der Waals surface area contributed by atoms with E-state index in [9.17, 15) is 9.59 Å². The van der Waals surface area contributed by atoms with E-state index in [1.807, 2.05) is 18.2 Å². The molecule has 0 amide bonds. The lowest BCUT2D eigenvalue weighted by Crippen LogP contribution is -2.14. The van der Waals surface area contributed by atoms with E-state index in [1.54, 1.807) is 37.5 Å².